The predicted octanol–water partition coefficient (Wildman–Crippen LogP) is 1.69. The summed E-state index contributed by atoms with van der Waals surface area (Å²) in [4.78, 5) is 0.785. The van der Waals surface area contributed by atoms with Crippen LogP contribution in [0.3, 0.4) is 0 Å². The standard InChI is InChI=1S/C10H10ClF4NO2/c11-5-6(12)8(14)10(9(15)7(5)13)16(1-3-17)2-4-18/h17-18H,1-4H2. The lowest BCUT2D eigenvalue weighted by Crippen LogP contribution is -2.32. The lowest BCUT2D eigenvalue weighted by atomic mass is 10.2. The van der Waals surface area contributed by atoms with Gasteiger partial charge in [-0.2, -0.15) is 0 Å². The first-order valence-corrected chi connectivity index (χ1v) is 5.31. The normalized spacial score (nSPS) is 10.8. The van der Waals surface area contributed by atoms with Gasteiger partial charge >= 0.3 is 0 Å². The van der Waals surface area contributed by atoms with Crippen LogP contribution in [0.2, 0.25) is 5.02 Å². The van der Waals surface area contributed by atoms with E-state index in [9.17, 15) is 17.6 Å². The summed E-state index contributed by atoms with van der Waals surface area (Å²) in [7, 11) is 0. The minimum atomic E-state index is -1.72. The molecule has 18 heavy (non-hydrogen) atoms. The second-order valence-corrected chi connectivity index (χ2v) is 3.73. The fraction of sp³-hybridized carbons (Fsp3) is 0.400. The minimum absolute atomic E-state index is 0.297. The third kappa shape index (κ3) is 2.68. The molecule has 0 unspecified atom stereocenters. The number of anilines is 1. The Bertz CT molecular complexity index is 409. The highest BCUT2D eigenvalue weighted by molar-refractivity contribution is 6.31. The molecule has 0 aliphatic heterocycles. The third-order valence-corrected chi connectivity index (χ3v) is 2.57. The Morgan fingerprint density at radius 2 is 1.22 bits per heavy atom. The molecule has 0 aliphatic carbocycles. The molecule has 3 nitrogen and oxygen atoms in total. The molecule has 1 aromatic carbocycles. The van der Waals surface area contributed by atoms with Gasteiger partial charge < -0.3 is 15.1 Å². The Hall–Kier alpha value is -1.05. The first-order chi connectivity index (χ1) is 8.45. The van der Waals surface area contributed by atoms with E-state index in [-0.39, 0.29) is 13.1 Å². The summed E-state index contributed by atoms with van der Waals surface area (Å²) in [6.07, 6.45) is 0. The van der Waals surface area contributed by atoms with Gasteiger partial charge in [-0.05, 0) is 0 Å². The fourth-order valence-corrected chi connectivity index (χ4v) is 1.61. The van der Waals surface area contributed by atoms with Gasteiger partial charge in [0.25, 0.3) is 0 Å². The van der Waals surface area contributed by atoms with Gasteiger partial charge in [0, 0.05) is 13.1 Å². The van der Waals surface area contributed by atoms with E-state index in [0.29, 0.717) is 0 Å². The number of rotatable bonds is 5. The van der Waals surface area contributed by atoms with Crippen molar-refractivity contribution < 1.29 is 27.8 Å². The van der Waals surface area contributed by atoms with Crippen LogP contribution in [0.5, 0.6) is 0 Å². The molecule has 0 spiro atoms. The van der Waals surface area contributed by atoms with Crippen molar-refractivity contribution in [1.82, 2.24) is 0 Å². The third-order valence-electron chi connectivity index (χ3n) is 2.24. The molecule has 0 aliphatic rings. The largest absolute Gasteiger partial charge is 0.395 e. The number of hydrogen-bond acceptors (Lipinski definition) is 3. The van der Waals surface area contributed by atoms with E-state index in [4.69, 9.17) is 21.8 Å². The number of aliphatic hydroxyl groups excluding tert-OH is 2. The lowest BCUT2D eigenvalue weighted by Gasteiger charge is -2.24. The first-order valence-electron chi connectivity index (χ1n) is 4.93. The lowest BCUT2D eigenvalue weighted by molar-refractivity contribution is 0.279. The molecule has 0 heterocycles. The summed E-state index contributed by atoms with van der Waals surface area (Å²) < 4.78 is 53.5. The molecule has 102 valence electrons. The monoisotopic (exact) mass is 287 g/mol. The molecule has 0 bridgehead atoms. The van der Waals surface area contributed by atoms with E-state index in [1.165, 1.54) is 0 Å². The molecule has 2 N–H and O–H groups in total. The van der Waals surface area contributed by atoms with Gasteiger partial charge in [-0.25, -0.2) is 17.6 Å². The van der Waals surface area contributed by atoms with Crippen molar-refractivity contribution in [2.75, 3.05) is 31.2 Å². The van der Waals surface area contributed by atoms with Gasteiger partial charge in [-0.15, -0.1) is 0 Å². The molecular formula is C10H10ClF4NO2. The van der Waals surface area contributed by atoms with Crippen LogP contribution in [0.15, 0.2) is 0 Å². The van der Waals surface area contributed by atoms with Crippen LogP contribution >= 0.6 is 11.6 Å². The van der Waals surface area contributed by atoms with Crippen molar-refractivity contribution in [2.24, 2.45) is 0 Å². The Balaban J connectivity index is 3.37. The van der Waals surface area contributed by atoms with Gasteiger partial charge in [-0.1, -0.05) is 11.6 Å². The van der Waals surface area contributed by atoms with Gasteiger partial charge in [0.05, 0.1) is 13.2 Å². The Morgan fingerprint density at radius 1 is 0.833 bits per heavy atom. The molecule has 0 fully saturated rings. The summed E-state index contributed by atoms with van der Waals surface area (Å²) in [6.45, 7) is -1.61. The molecular weight excluding hydrogens is 278 g/mol. The average Bonchev–Trinajstić information content (AvgIpc) is 2.35. The van der Waals surface area contributed by atoms with Gasteiger partial charge in [-0.3, -0.25) is 0 Å². The number of aliphatic hydroxyl groups is 2. The van der Waals surface area contributed by atoms with E-state index < -0.39 is 47.2 Å². The fourth-order valence-electron chi connectivity index (χ4n) is 1.45. The SMILES string of the molecule is OCCN(CCO)c1c(F)c(F)c(Cl)c(F)c1F. The van der Waals surface area contributed by atoms with Crippen molar-refractivity contribution >= 4 is 17.3 Å². The highest BCUT2D eigenvalue weighted by Crippen LogP contribution is 2.33. The van der Waals surface area contributed by atoms with Crippen molar-refractivity contribution in [2.45, 2.75) is 0 Å². The molecule has 0 aromatic heterocycles. The molecule has 8 heteroatoms. The number of nitrogens with zero attached hydrogens (tertiary/aromatic N) is 1. The highest BCUT2D eigenvalue weighted by Gasteiger charge is 2.27. The van der Waals surface area contributed by atoms with Crippen molar-refractivity contribution in [3.63, 3.8) is 0 Å². The second kappa shape index (κ2) is 6.21. The maximum atomic E-state index is 13.5. The maximum absolute atomic E-state index is 13.5. The van der Waals surface area contributed by atoms with Gasteiger partial charge in [0.2, 0.25) is 0 Å². The van der Waals surface area contributed by atoms with E-state index in [2.05, 4.69) is 0 Å². The zero-order valence-electron chi connectivity index (χ0n) is 9.06. The van der Waals surface area contributed by atoms with Crippen LogP contribution in [0.25, 0.3) is 0 Å². The number of benzene rings is 1. The zero-order valence-corrected chi connectivity index (χ0v) is 9.82. The number of hydrogen-bond donors (Lipinski definition) is 2. The summed E-state index contributed by atoms with van der Waals surface area (Å²) in [6, 6.07) is 0. The van der Waals surface area contributed by atoms with Crippen LogP contribution in [0, 0.1) is 23.3 Å². The zero-order chi connectivity index (χ0) is 13.9. The molecule has 0 saturated carbocycles. The van der Waals surface area contributed by atoms with Crippen molar-refractivity contribution in [1.29, 1.82) is 0 Å². The Labute approximate surface area is 105 Å². The molecule has 1 aromatic rings. The van der Waals surface area contributed by atoms with E-state index in [0.717, 1.165) is 4.90 Å². The van der Waals surface area contributed by atoms with E-state index in [1.807, 2.05) is 0 Å². The summed E-state index contributed by atoms with van der Waals surface area (Å²) in [5.41, 5.74) is -1.00. The summed E-state index contributed by atoms with van der Waals surface area (Å²) >= 11 is 5.07. The van der Waals surface area contributed by atoms with E-state index in [1.54, 1.807) is 0 Å². The Kier molecular flexibility index (Phi) is 5.18. The second-order valence-electron chi connectivity index (χ2n) is 3.35. The van der Waals surface area contributed by atoms with Crippen LogP contribution < -0.4 is 4.90 Å². The van der Waals surface area contributed by atoms with Crippen LogP contribution in [0.4, 0.5) is 23.2 Å². The minimum Gasteiger partial charge on any atom is -0.395 e. The molecule has 1 rings (SSSR count). The smallest absolute Gasteiger partial charge is 0.186 e. The molecule has 0 radical (unpaired) electrons. The molecule has 0 saturated heterocycles. The van der Waals surface area contributed by atoms with Gasteiger partial charge in [0.1, 0.15) is 10.7 Å². The molecule has 0 atom stereocenters. The van der Waals surface area contributed by atoms with Crippen LogP contribution in [0.1, 0.15) is 0 Å². The van der Waals surface area contributed by atoms with Crippen LogP contribution in [-0.4, -0.2) is 36.5 Å². The highest BCUT2D eigenvalue weighted by atomic mass is 35.5. The summed E-state index contributed by atoms with van der Waals surface area (Å²) in [5.74, 6) is -6.76. The first kappa shape index (κ1) is 15.0. The topological polar surface area (TPSA) is 43.7 Å². The van der Waals surface area contributed by atoms with Crippen molar-refractivity contribution in [3.8, 4) is 0 Å². The van der Waals surface area contributed by atoms with Gasteiger partial charge in [0.15, 0.2) is 23.3 Å². The van der Waals surface area contributed by atoms with E-state index >= 15 is 0 Å². The summed E-state index contributed by atoms with van der Waals surface area (Å²) in [5, 5.41) is 16.2. The predicted molar refractivity (Wildman–Crippen MR) is 57.7 cm³/mol. The number of halogens is 5. The quantitative estimate of drug-likeness (QED) is 0.492. The van der Waals surface area contributed by atoms with Crippen LogP contribution in [-0.2, 0) is 0 Å². The average molecular weight is 288 g/mol. The Morgan fingerprint density at radius 3 is 1.56 bits per heavy atom. The van der Waals surface area contributed by atoms with Crippen molar-refractivity contribution in [3.05, 3.63) is 28.3 Å². The maximum Gasteiger partial charge on any atom is 0.186 e. The molecule has 0 amide bonds.